The van der Waals surface area contributed by atoms with Crippen molar-refractivity contribution in [2.24, 2.45) is 0 Å². The average Bonchev–Trinajstić information content (AvgIpc) is 2.59. The van der Waals surface area contributed by atoms with Crippen LogP contribution in [0.3, 0.4) is 0 Å². The number of nitrogens with one attached hydrogen (secondary N) is 1. The van der Waals surface area contributed by atoms with Gasteiger partial charge in [0.25, 0.3) is 10.0 Å². The number of hydrogen-bond donors (Lipinski definition) is 1. The molecular formula is C10H13BrClNO3S2. The van der Waals surface area contributed by atoms with Gasteiger partial charge in [0.05, 0.1) is 21.0 Å². The van der Waals surface area contributed by atoms with Crippen molar-refractivity contribution in [2.45, 2.75) is 29.5 Å². The van der Waals surface area contributed by atoms with E-state index in [1.165, 1.54) is 6.07 Å². The van der Waals surface area contributed by atoms with E-state index in [9.17, 15) is 8.42 Å². The summed E-state index contributed by atoms with van der Waals surface area (Å²) in [5, 5.41) is 0.408. The first-order chi connectivity index (χ1) is 8.32. The van der Waals surface area contributed by atoms with E-state index in [2.05, 4.69) is 20.7 Å². The number of ether oxygens (including phenoxy) is 1. The van der Waals surface area contributed by atoms with Gasteiger partial charge in [-0.15, -0.1) is 11.3 Å². The molecule has 0 radical (unpaired) electrons. The van der Waals surface area contributed by atoms with Crippen LogP contribution in [0.25, 0.3) is 0 Å². The summed E-state index contributed by atoms with van der Waals surface area (Å²) in [4.78, 5) is 0. The zero-order valence-electron chi connectivity index (χ0n) is 9.70. The van der Waals surface area contributed by atoms with Crippen LogP contribution in [0.1, 0.15) is 19.8 Å². The van der Waals surface area contributed by atoms with Crippen molar-refractivity contribution in [3.05, 3.63) is 14.9 Å². The summed E-state index contributed by atoms with van der Waals surface area (Å²) < 4.78 is 33.3. The molecule has 4 nitrogen and oxygen atoms in total. The van der Waals surface area contributed by atoms with E-state index < -0.39 is 15.6 Å². The molecule has 1 atom stereocenters. The SMILES string of the molecule is CC1(NS(=O)(=O)c2cc(Cl)c(Br)s2)CCCOC1. The maximum atomic E-state index is 12.2. The Kier molecular flexibility index (Phi) is 4.40. The third-order valence-electron chi connectivity index (χ3n) is 2.71. The number of rotatable bonds is 3. The van der Waals surface area contributed by atoms with Crippen molar-refractivity contribution >= 4 is 48.9 Å². The van der Waals surface area contributed by atoms with E-state index >= 15 is 0 Å². The Morgan fingerprint density at radius 1 is 1.61 bits per heavy atom. The van der Waals surface area contributed by atoms with Crippen LogP contribution in [-0.2, 0) is 14.8 Å². The summed E-state index contributed by atoms with van der Waals surface area (Å²) in [6, 6.07) is 1.45. The fourth-order valence-corrected chi connectivity index (χ4v) is 5.67. The lowest BCUT2D eigenvalue weighted by Gasteiger charge is -2.33. The first-order valence-electron chi connectivity index (χ1n) is 5.39. The van der Waals surface area contributed by atoms with Crippen LogP contribution in [0.15, 0.2) is 14.1 Å². The Morgan fingerprint density at radius 2 is 2.33 bits per heavy atom. The molecule has 0 saturated carbocycles. The highest BCUT2D eigenvalue weighted by molar-refractivity contribution is 9.11. The molecule has 8 heteroatoms. The molecule has 2 heterocycles. The number of thiophene rings is 1. The fourth-order valence-electron chi connectivity index (χ4n) is 1.85. The van der Waals surface area contributed by atoms with Crippen molar-refractivity contribution in [2.75, 3.05) is 13.2 Å². The predicted octanol–water partition coefficient (Wildman–Crippen LogP) is 3.01. The Morgan fingerprint density at radius 3 is 2.83 bits per heavy atom. The molecule has 1 aromatic rings. The number of halogens is 2. The molecule has 1 unspecified atom stereocenters. The number of hydrogen-bond acceptors (Lipinski definition) is 4. The Labute approximate surface area is 124 Å². The van der Waals surface area contributed by atoms with Gasteiger partial charge in [-0.1, -0.05) is 11.6 Å². The van der Waals surface area contributed by atoms with Crippen LogP contribution in [0.2, 0.25) is 5.02 Å². The van der Waals surface area contributed by atoms with Crippen molar-refractivity contribution in [3.63, 3.8) is 0 Å². The summed E-state index contributed by atoms with van der Waals surface area (Å²) >= 11 is 10.2. The highest BCUT2D eigenvalue weighted by Crippen LogP contribution is 2.35. The Hall–Kier alpha value is 0.340. The second kappa shape index (κ2) is 5.38. The minimum Gasteiger partial charge on any atom is -0.380 e. The van der Waals surface area contributed by atoms with Gasteiger partial charge in [-0.2, -0.15) is 0 Å². The van der Waals surface area contributed by atoms with Crippen LogP contribution < -0.4 is 4.72 Å². The standard InChI is InChI=1S/C10H13BrClNO3S2/c1-10(3-2-4-16-6-10)13-18(14,15)8-5-7(12)9(11)17-8/h5,13H,2-4,6H2,1H3. The first kappa shape index (κ1) is 14.7. The van der Waals surface area contributed by atoms with Gasteiger partial charge >= 0.3 is 0 Å². The molecule has 0 spiro atoms. The zero-order valence-corrected chi connectivity index (χ0v) is 13.7. The van der Waals surface area contributed by atoms with Crippen molar-refractivity contribution in [1.82, 2.24) is 4.72 Å². The van der Waals surface area contributed by atoms with Crippen LogP contribution >= 0.6 is 38.9 Å². The molecule has 1 N–H and O–H groups in total. The molecule has 0 aromatic carbocycles. The van der Waals surface area contributed by atoms with Crippen LogP contribution in [0.5, 0.6) is 0 Å². The molecular weight excluding hydrogens is 362 g/mol. The third-order valence-corrected chi connectivity index (χ3v) is 7.29. The van der Waals surface area contributed by atoms with Crippen molar-refractivity contribution in [1.29, 1.82) is 0 Å². The van der Waals surface area contributed by atoms with Gasteiger partial charge in [0.1, 0.15) is 4.21 Å². The molecule has 0 aliphatic carbocycles. The Balaban J connectivity index is 2.21. The van der Waals surface area contributed by atoms with Gasteiger partial charge < -0.3 is 4.74 Å². The average molecular weight is 375 g/mol. The quantitative estimate of drug-likeness (QED) is 0.885. The molecule has 18 heavy (non-hydrogen) atoms. The van der Waals surface area contributed by atoms with Crippen LogP contribution in [0.4, 0.5) is 0 Å². The van der Waals surface area contributed by atoms with Crippen LogP contribution in [-0.4, -0.2) is 27.2 Å². The summed E-state index contributed by atoms with van der Waals surface area (Å²) in [6.45, 7) is 2.94. The van der Waals surface area contributed by atoms with E-state index in [0.717, 1.165) is 24.2 Å². The van der Waals surface area contributed by atoms with Gasteiger partial charge in [-0.05, 0) is 41.8 Å². The molecule has 1 aliphatic rings. The predicted molar refractivity (Wildman–Crippen MR) is 75.8 cm³/mol. The lowest BCUT2D eigenvalue weighted by Crippen LogP contribution is -2.51. The largest absolute Gasteiger partial charge is 0.380 e. The smallest absolute Gasteiger partial charge is 0.250 e. The summed E-state index contributed by atoms with van der Waals surface area (Å²) in [6.07, 6.45) is 1.63. The molecule has 2 rings (SSSR count). The van der Waals surface area contributed by atoms with E-state index in [1.54, 1.807) is 0 Å². The van der Waals surface area contributed by atoms with E-state index in [4.69, 9.17) is 16.3 Å². The topological polar surface area (TPSA) is 55.4 Å². The highest BCUT2D eigenvalue weighted by atomic mass is 79.9. The van der Waals surface area contributed by atoms with E-state index in [-0.39, 0.29) is 4.21 Å². The minimum atomic E-state index is -3.55. The summed E-state index contributed by atoms with van der Waals surface area (Å²) in [5.74, 6) is 0. The maximum Gasteiger partial charge on any atom is 0.250 e. The minimum absolute atomic E-state index is 0.214. The lowest BCUT2D eigenvalue weighted by atomic mass is 9.97. The third kappa shape index (κ3) is 3.26. The van der Waals surface area contributed by atoms with Crippen molar-refractivity contribution < 1.29 is 13.2 Å². The second-order valence-electron chi connectivity index (χ2n) is 4.51. The normalized spacial score (nSPS) is 25.3. The number of sulfonamides is 1. The van der Waals surface area contributed by atoms with Gasteiger partial charge in [0, 0.05) is 6.61 Å². The summed E-state index contributed by atoms with van der Waals surface area (Å²) in [7, 11) is -3.55. The maximum absolute atomic E-state index is 12.2. The fraction of sp³-hybridized carbons (Fsp3) is 0.600. The zero-order chi connectivity index (χ0) is 13.4. The molecule has 0 amide bonds. The second-order valence-corrected chi connectivity index (χ2v) is 9.20. The molecule has 1 aromatic heterocycles. The van der Waals surface area contributed by atoms with Gasteiger partial charge in [0.15, 0.2) is 0 Å². The monoisotopic (exact) mass is 373 g/mol. The Bertz CT molecular complexity index is 518. The lowest BCUT2D eigenvalue weighted by molar-refractivity contribution is 0.0387. The first-order valence-corrected chi connectivity index (χ1v) is 8.86. The molecule has 102 valence electrons. The molecule has 1 aliphatic heterocycles. The van der Waals surface area contributed by atoms with Gasteiger partial charge in [-0.3, -0.25) is 0 Å². The van der Waals surface area contributed by atoms with E-state index in [0.29, 0.717) is 22.0 Å². The molecule has 1 saturated heterocycles. The molecule has 1 fully saturated rings. The summed E-state index contributed by atoms with van der Waals surface area (Å²) in [5.41, 5.74) is -0.542. The van der Waals surface area contributed by atoms with Crippen LogP contribution in [0, 0.1) is 0 Å². The van der Waals surface area contributed by atoms with Gasteiger partial charge in [0.2, 0.25) is 0 Å². The van der Waals surface area contributed by atoms with Gasteiger partial charge in [-0.25, -0.2) is 13.1 Å². The highest BCUT2D eigenvalue weighted by Gasteiger charge is 2.33. The van der Waals surface area contributed by atoms with E-state index in [1.807, 2.05) is 6.92 Å². The molecule has 0 bridgehead atoms. The van der Waals surface area contributed by atoms with Crippen molar-refractivity contribution in [3.8, 4) is 0 Å².